The van der Waals surface area contributed by atoms with Gasteiger partial charge in [-0.2, -0.15) is 0 Å². The number of hydrogen-bond donors (Lipinski definition) is 1. The molecular formula is C21H24N2O3. The Morgan fingerprint density at radius 2 is 1.85 bits per heavy atom. The second kappa shape index (κ2) is 8.04. The van der Waals surface area contributed by atoms with Gasteiger partial charge in [-0.05, 0) is 43.5 Å². The SMILES string of the molecule is Cc1cccc(COc2cccc(C(=O)N3CCC(C(N)=O)CC3)c2)c1. The van der Waals surface area contributed by atoms with Crippen LogP contribution in [0.5, 0.6) is 5.75 Å². The van der Waals surface area contributed by atoms with E-state index in [2.05, 4.69) is 6.07 Å². The first-order valence-corrected chi connectivity index (χ1v) is 8.90. The molecule has 5 nitrogen and oxygen atoms in total. The highest BCUT2D eigenvalue weighted by Gasteiger charge is 2.26. The molecule has 0 saturated carbocycles. The molecule has 0 spiro atoms. The zero-order valence-electron chi connectivity index (χ0n) is 15.0. The van der Waals surface area contributed by atoms with Gasteiger partial charge in [0.25, 0.3) is 5.91 Å². The average Bonchev–Trinajstić information content (AvgIpc) is 2.66. The zero-order chi connectivity index (χ0) is 18.5. The summed E-state index contributed by atoms with van der Waals surface area (Å²) in [6.45, 7) is 3.62. The van der Waals surface area contributed by atoms with E-state index in [1.165, 1.54) is 5.56 Å². The summed E-state index contributed by atoms with van der Waals surface area (Å²) in [5.74, 6) is 0.241. The molecule has 0 radical (unpaired) electrons. The molecule has 0 aliphatic carbocycles. The minimum atomic E-state index is -0.274. The number of likely N-dealkylation sites (tertiary alicyclic amines) is 1. The first-order valence-electron chi connectivity index (χ1n) is 8.90. The monoisotopic (exact) mass is 352 g/mol. The van der Waals surface area contributed by atoms with Crippen LogP contribution >= 0.6 is 0 Å². The molecule has 0 aromatic heterocycles. The van der Waals surface area contributed by atoms with E-state index in [-0.39, 0.29) is 17.7 Å². The van der Waals surface area contributed by atoms with E-state index in [1.54, 1.807) is 17.0 Å². The lowest BCUT2D eigenvalue weighted by Crippen LogP contribution is -2.41. The number of hydrogen-bond acceptors (Lipinski definition) is 3. The summed E-state index contributed by atoms with van der Waals surface area (Å²) < 4.78 is 5.84. The van der Waals surface area contributed by atoms with Crippen molar-refractivity contribution in [3.63, 3.8) is 0 Å². The Morgan fingerprint density at radius 1 is 1.12 bits per heavy atom. The van der Waals surface area contributed by atoms with E-state index in [4.69, 9.17) is 10.5 Å². The standard InChI is InChI=1S/C21H24N2O3/c1-15-4-2-5-16(12-15)14-26-19-7-3-6-18(13-19)21(25)23-10-8-17(9-11-23)20(22)24/h2-7,12-13,17H,8-11,14H2,1H3,(H2,22,24). The summed E-state index contributed by atoms with van der Waals surface area (Å²) in [7, 11) is 0. The van der Waals surface area contributed by atoms with Crippen molar-refractivity contribution in [1.82, 2.24) is 4.90 Å². The van der Waals surface area contributed by atoms with Crippen molar-refractivity contribution in [2.24, 2.45) is 11.7 Å². The van der Waals surface area contributed by atoms with Crippen molar-refractivity contribution in [2.45, 2.75) is 26.4 Å². The van der Waals surface area contributed by atoms with Gasteiger partial charge in [0.1, 0.15) is 12.4 Å². The fourth-order valence-electron chi connectivity index (χ4n) is 3.24. The highest BCUT2D eigenvalue weighted by molar-refractivity contribution is 5.94. The van der Waals surface area contributed by atoms with Crippen molar-refractivity contribution in [1.29, 1.82) is 0 Å². The summed E-state index contributed by atoms with van der Waals surface area (Å²) in [4.78, 5) is 25.7. The Kier molecular flexibility index (Phi) is 5.56. The normalized spacial score (nSPS) is 14.9. The minimum absolute atomic E-state index is 0.0334. The molecular weight excluding hydrogens is 328 g/mol. The highest BCUT2D eigenvalue weighted by Crippen LogP contribution is 2.21. The molecule has 1 aliphatic rings. The summed E-state index contributed by atoms with van der Waals surface area (Å²) in [6, 6.07) is 15.4. The van der Waals surface area contributed by atoms with E-state index in [1.807, 2.05) is 37.3 Å². The van der Waals surface area contributed by atoms with Crippen LogP contribution in [0.25, 0.3) is 0 Å². The van der Waals surface area contributed by atoms with Crippen LogP contribution in [-0.4, -0.2) is 29.8 Å². The molecule has 1 saturated heterocycles. The average molecular weight is 352 g/mol. The Morgan fingerprint density at radius 3 is 2.54 bits per heavy atom. The molecule has 5 heteroatoms. The van der Waals surface area contributed by atoms with Crippen LogP contribution in [0.3, 0.4) is 0 Å². The largest absolute Gasteiger partial charge is 0.489 e. The van der Waals surface area contributed by atoms with Crippen molar-refractivity contribution in [3.8, 4) is 5.75 Å². The van der Waals surface area contributed by atoms with Gasteiger partial charge in [-0.3, -0.25) is 9.59 Å². The summed E-state index contributed by atoms with van der Waals surface area (Å²) in [5, 5.41) is 0. The first-order chi connectivity index (χ1) is 12.5. The number of benzene rings is 2. The second-order valence-electron chi connectivity index (χ2n) is 6.77. The predicted molar refractivity (Wildman–Crippen MR) is 99.8 cm³/mol. The number of aryl methyl sites for hydroxylation is 1. The zero-order valence-corrected chi connectivity index (χ0v) is 15.0. The van der Waals surface area contributed by atoms with E-state index >= 15 is 0 Å². The van der Waals surface area contributed by atoms with Crippen molar-refractivity contribution in [3.05, 3.63) is 65.2 Å². The smallest absolute Gasteiger partial charge is 0.253 e. The minimum Gasteiger partial charge on any atom is -0.489 e. The van der Waals surface area contributed by atoms with E-state index in [9.17, 15) is 9.59 Å². The van der Waals surface area contributed by atoms with Crippen LogP contribution in [-0.2, 0) is 11.4 Å². The number of rotatable bonds is 5. The highest BCUT2D eigenvalue weighted by atomic mass is 16.5. The lowest BCUT2D eigenvalue weighted by atomic mass is 9.96. The molecule has 2 aromatic carbocycles. The number of nitrogens with two attached hydrogens (primary N) is 1. The van der Waals surface area contributed by atoms with Gasteiger partial charge in [-0.15, -0.1) is 0 Å². The molecule has 0 unspecified atom stereocenters. The molecule has 2 aromatic rings. The quantitative estimate of drug-likeness (QED) is 0.899. The van der Waals surface area contributed by atoms with E-state index < -0.39 is 0 Å². The predicted octanol–water partition coefficient (Wildman–Crippen LogP) is 2.91. The van der Waals surface area contributed by atoms with Gasteiger partial charge >= 0.3 is 0 Å². The molecule has 2 amide bonds. The molecule has 1 aliphatic heterocycles. The third-order valence-electron chi connectivity index (χ3n) is 4.75. The summed E-state index contributed by atoms with van der Waals surface area (Å²) >= 11 is 0. The lowest BCUT2D eigenvalue weighted by Gasteiger charge is -2.30. The second-order valence-corrected chi connectivity index (χ2v) is 6.77. The number of nitrogens with zero attached hydrogens (tertiary/aromatic N) is 1. The van der Waals surface area contributed by atoms with Crippen molar-refractivity contribution < 1.29 is 14.3 Å². The molecule has 1 heterocycles. The number of carbonyl (C=O) groups excluding carboxylic acids is 2. The topological polar surface area (TPSA) is 72.6 Å². The van der Waals surface area contributed by atoms with E-state index in [0.29, 0.717) is 43.9 Å². The lowest BCUT2D eigenvalue weighted by molar-refractivity contribution is -0.123. The number of primary amides is 1. The maximum absolute atomic E-state index is 12.7. The van der Waals surface area contributed by atoms with E-state index in [0.717, 1.165) is 5.56 Å². The van der Waals surface area contributed by atoms with Crippen LogP contribution < -0.4 is 10.5 Å². The van der Waals surface area contributed by atoms with Gasteiger partial charge in [0.2, 0.25) is 5.91 Å². The van der Waals surface area contributed by atoms with Gasteiger partial charge in [0.05, 0.1) is 0 Å². The molecule has 1 fully saturated rings. The van der Waals surface area contributed by atoms with Gasteiger partial charge in [0.15, 0.2) is 0 Å². The van der Waals surface area contributed by atoms with Gasteiger partial charge in [-0.1, -0.05) is 35.9 Å². The molecule has 2 N–H and O–H groups in total. The van der Waals surface area contributed by atoms with Gasteiger partial charge in [-0.25, -0.2) is 0 Å². The fourth-order valence-corrected chi connectivity index (χ4v) is 3.24. The number of amides is 2. The Bertz CT molecular complexity index is 795. The number of piperidine rings is 1. The third kappa shape index (κ3) is 4.42. The maximum Gasteiger partial charge on any atom is 0.253 e. The maximum atomic E-state index is 12.7. The van der Waals surface area contributed by atoms with Crippen LogP contribution in [0.15, 0.2) is 48.5 Å². The summed E-state index contributed by atoms with van der Waals surface area (Å²) in [5.41, 5.74) is 8.23. The Hall–Kier alpha value is -2.82. The van der Waals surface area contributed by atoms with Crippen LogP contribution in [0, 0.1) is 12.8 Å². The molecule has 0 bridgehead atoms. The van der Waals surface area contributed by atoms with Crippen molar-refractivity contribution >= 4 is 11.8 Å². The molecule has 0 atom stereocenters. The van der Waals surface area contributed by atoms with Crippen LogP contribution in [0.4, 0.5) is 0 Å². The summed E-state index contributed by atoms with van der Waals surface area (Å²) in [6.07, 6.45) is 1.26. The fraction of sp³-hybridized carbons (Fsp3) is 0.333. The number of ether oxygens (including phenoxy) is 1. The molecule has 3 rings (SSSR count). The number of carbonyl (C=O) groups is 2. The van der Waals surface area contributed by atoms with Gasteiger partial charge in [0, 0.05) is 24.6 Å². The Balaban J connectivity index is 1.61. The molecule has 136 valence electrons. The third-order valence-corrected chi connectivity index (χ3v) is 4.75. The van der Waals surface area contributed by atoms with Crippen molar-refractivity contribution in [2.75, 3.05) is 13.1 Å². The van der Waals surface area contributed by atoms with Crippen LogP contribution in [0.1, 0.15) is 34.3 Å². The van der Waals surface area contributed by atoms with Gasteiger partial charge < -0.3 is 15.4 Å². The molecule has 26 heavy (non-hydrogen) atoms. The van der Waals surface area contributed by atoms with Crippen LogP contribution in [0.2, 0.25) is 0 Å². The Labute approximate surface area is 153 Å². The first kappa shape index (κ1) is 18.0.